The monoisotopic (exact) mass is 260 g/mol. The predicted molar refractivity (Wildman–Crippen MR) is 48.8 cm³/mol. The van der Waals surface area contributed by atoms with Gasteiger partial charge in [0.15, 0.2) is 0 Å². The molecule has 1 rings (SSSR count). The normalized spacial score (nSPS) is 24.2. The number of alkyl halides is 3. The zero-order chi connectivity index (χ0) is 12.6. The SMILES string of the molecule is CCC1C(=O)NCCN1S(=O)(=O)C(F)(F)F. The minimum atomic E-state index is -5.42. The number of hydrogen-bond donors (Lipinski definition) is 1. The van der Waals surface area contributed by atoms with Crippen molar-refractivity contribution in [3.63, 3.8) is 0 Å². The maximum Gasteiger partial charge on any atom is 0.511 e. The van der Waals surface area contributed by atoms with Crippen LogP contribution in [0.2, 0.25) is 0 Å². The first-order valence-corrected chi connectivity index (χ1v) is 6.01. The van der Waals surface area contributed by atoms with Crippen molar-refractivity contribution in [2.45, 2.75) is 24.9 Å². The molecule has 0 saturated carbocycles. The summed E-state index contributed by atoms with van der Waals surface area (Å²) in [4.78, 5) is 11.2. The Hall–Kier alpha value is -0.830. The summed E-state index contributed by atoms with van der Waals surface area (Å²) in [7, 11) is -5.42. The molecule has 0 aromatic heterocycles. The van der Waals surface area contributed by atoms with Crippen LogP contribution < -0.4 is 5.32 Å². The van der Waals surface area contributed by atoms with E-state index in [-0.39, 0.29) is 23.8 Å². The van der Waals surface area contributed by atoms with Crippen molar-refractivity contribution in [1.82, 2.24) is 9.62 Å². The third kappa shape index (κ3) is 2.14. The van der Waals surface area contributed by atoms with Gasteiger partial charge in [0.2, 0.25) is 5.91 Å². The van der Waals surface area contributed by atoms with Gasteiger partial charge in [0.25, 0.3) is 0 Å². The van der Waals surface area contributed by atoms with Crippen molar-refractivity contribution in [3.05, 3.63) is 0 Å². The van der Waals surface area contributed by atoms with E-state index in [1.165, 1.54) is 6.92 Å². The first-order valence-electron chi connectivity index (χ1n) is 4.57. The van der Waals surface area contributed by atoms with Crippen LogP contribution in [0.25, 0.3) is 0 Å². The maximum atomic E-state index is 12.3. The summed E-state index contributed by atoms with van der Waals surface area (Å²) in [5, 5.41) is 2.32. The molecule has 0 radical (unpaired) electrons. The Kier molecular flexibility index (Phi) is 3.48. The second kappa shape index (κ2) is 4.21. The van der Waals surface area contributed by atoms with E-state index >= 15 is 0 Å². The van der Waals surface area contributed by atoms with E-state index in [0.717, 1.165) is 0 Å². The van der Waals surface area contributed by atoms with Gasteiger partial charge in [-0.3, -0.25) is 4.79 Å². The lowest BCUT2D eigenvalue weighted by Crippen LogP contribution is -2.59. The summed E-state index contributed by atoms with van der Waals surface area (Å²) in [6.07, 6.45) is 0.00113. The zero-order valence-electron chi connectivity index (χ0n) is 8.41. The molecule has 5 nitrogen and oxygen atoms in total. The molecule has 1 fully saturated rings. The fourth-order valence-electron chi connectivity index (χ4n) is 1.50. The Bertz CT molecular complexity index is 379. The number of piperazine rings is 1. The molecule has 1 atom stereocenters. The highest BCUT2D eigenvalue weighted by atomic mass is 32.2. The summed E-state index contributed by atoms with van der Waals surface area (Å²) in [6, 6.07) is -1.28. The number of nitrogens with zero attached hydrogens (tertiary/aromatic N) is 1. The molecule has 1 unspecified atom stereocenters. The molecule has 0 spiro atoms. The van der Waals surface area contributed by atoms with Gasteiger partial charge in [0.05, 0.1) is 0 Å². The number of carbonyl (C=O) groups is 1. The number of carbonyl (C=O) groups excluding carboxylic acids is 1. The van der Waals surface area contributed by atoms with Crippen molar-refractivity contribution in [2.75, 3.05) is 13.1 Å². The van der Waals surface area contributed by atoms with Crippen molar-refractivity contribution in [3.8, 4) is 0 Å². The zero-order valence-corrected chi connectivity index (χ0v) is 9.23. The Morgan fingerprint density at radius 1 is 1.50 bits per heavy atom. The standard InChI is InChI=1S/C7H11F3N2O3S/c1-2-5-6(13)11-3-4-12(5)16(14,15)7(8,9)10/h5H,2-4H2,1H3,(H,11,13). The summed E-state index contributed by atoms with van der Waals surface area (Å²) < 4.78 is 59.4. The Balaban J connectivity index is 3.07. The van der Waals surface area contributed by atoms with Crippen LogP contribution in [0.3, 0.4) is 0 Å². The third-order valence-corrected chi connectivity index (χ3v) is 3.91. The van der Waals surface area contributed by atoms with Crippen LogP contribution in [0.5, 0.6) is 0 Å². The number of amides is 1. The summed E-state index contributed by atoms with van der Waals surface area (Å²) in [5.41, 5.74) is -5.36. The highest BCUT2D eigenvalue weighted by Gasteiger charge is 2.53. The van der Waals surface area contributed by atoms with Crippen LogP contribution in [0.15, 0.2) is 0 Å². The highest BCUT2D eigenvalue weighted by Crippen LogP contribution is 2.29. The molecule has 94 valence electrons. The summed E-state index contributed by atoms with van der Waals surface area (Å²) >= 11 is 0. The molecule has 1 aliphatic heterocycles. The molecule has 0 aliphatic carbocycles. The van der Waals surface area contributed by atoms with Gasteiger partial charge >= 0.3 is 15.5 Å². The van der Waals surface area contributed by atoms with E-state index in [4.69, 9.17) is 0 Å². The lowest BCUT2D eigenvalue weighted by Gasteiger charge is -2.33. The minimum Gasteiger partial charge on any atom is -0.353 e. The van der Waals surface area contributed by atoms with Gasteiger partial charge in [-0.15, -0.1) is 0 Å². The van der Waals surface area contributed by atoms with Crippen LogP contribution in [-0.4, -0.2) is 43.3 Å². The molecular weight excluding hydrogens is 249 g/mol. The fourth-order valence-corrected chi connectivity index (χ4v) is 2.68. The molecule has 0 bridgehead atoms. The fraction of sp³-hybridized carbons (Fsp3) is 0.857. The first kappa shape index (κ1) is 13.2. The Morgan fingerprint density at radius 2 is 2.06 bits per heavy atom. The second-order valence-corrected chi connectivity index (χ2v) is 5.16. The molecule has 0 aromatic carbocycles. The predicted octanol–water partition coefficient (Wildman–Crippen LogP) is 0.0464. The van der Waals surface area contributed by atoms with Crippen molar-refractivity contribution < 1.29 is 26.4 Å². The summed E-state index contributed by atoms with van der Waals surface area (Å²) in [5.74, 6) is -0.693. The Morgan fingerprint density at radius 3 is 2.50 bits per heavy atom. The number of sulfonamides is 1. The number of rotatable bonds is 2. The largest absolute Gasteiger partial charge is 0.511 e. The quantitative estimate of drug-likeness (QED) is 0.762. The van der Waals surface area contributed by atoms with Crippen LogP contribution in [0, 0.1) is 0 Å². The van der Waals surface area contributed by atoms with Crippen molar-refractivity contribution in [2.24, 2.45) is 0 Å². The average molecular weight is 260 g/mol. The van der Waals surface area contributed by atoms with Crippen LogP contribution >= 0.6 is 0 Å². The molecular formula is C7H11F3N2O3S. The van der Waals surface area contributed by atoms with Gasteiger partial charge in [-0.05, 0) is 6.42 Å². The topological polar surface area (TPSA) is 66.5 Å². The molecule has 0 aromatic rings. The lowest BCUT2D eigenvalue weighted by molar-refractivity contribution is -0.127. The van der Waals surface area contributed by atoms with Gasteiger partial charge in [0, 0.05) is 13.1 Å². The van der Waals surface area contributed by atoms with E-state index in [1.807, 2.05) is 0 Å². The van der Waals surface area contributed by atoms with Gasteiger partial charge in [-0.25, -0.2) is 8.42 Å². The van der Waals surface area contributed by atoms with E-state index in [0.29, 0.717) is 0 Å². The first-order chi connectivity index (χ1) is 7.21. The van der Waals surface area contributed by atoms with E-state index in [1.54, 1.807) is 0 Å². The molecule has 1 heterocycles. The minimum absolute atomic E-state index is 0.00113. The van der Waals surface area contributed by atoms with Crippen LogP contribution in [0.1, 0.15) is 13.3 Å². The average Bonchev–Trinajstić information content (AvgIpc) is 2.15. The molecule has 1 aliphatic rings. The van der Waals surface area contributed by atoms with Crippen molar-refractivity contribution >= 4 is 15.9 Å². The molecule has 1 saturated heterocycles. The smallest absolute Gasteiger partial charge is 0.353 e. The van der Waals surface area contributed by atoms with Crippen LogP contribution in [-0.2, 0) is 14.8 Å². The van der Waals surface area contributed by atoms with Crippen LogP contribution in [0.4, 0.5) is 13.2 Å². The summed E-state index contributed by atoms with van der Waals surface area (Å²) in [6.45, 7) is 0.991. The van der Waals surface area contributed by atoms with Gasteiger partial charge in [-0.2, -0.15) is 17.5 Å². The second-order valence-electron chi connectivity index (χ2n) is 3.28. The van der Waals surface area contributed by atoms with Gasteiger partial charge in [0.1, 0.15) is 6.04 Å². The third-order valence-electron chi connectivity index (χ3n) is 2.27. The highest BCUT2D eigenvalue weighted by molar-refractivity contribution is 7.90. The number of halogens is 3. The van der Waals surface area contributed by atoms with E-state index in [9.17, 15) is 26.4 Å². The van der Waals surface area contributed by atoms with Gasteiger partial charge in [-0.1, -0.05) is 6.92 Å². The number of nitrogens with one attached hydrogen (secondary N) is 1. The van der Waals surface area contributed by atoms with E-state index in [2.05, 4.69) is 5.32 Å². The van der Waals surface area contributed by atoms with Gasteiger partial charge < -0.3 is 5.32 Å². The molecule has 9 heteroatoms. The lowest BCUT2D eigenvalue weighted by atomic mass is 10.2. The maximum absolute atomic E-state index is 12.3. The molecule has 1 amide bonds. The molecule has 1 N–H and O–H groups in total. The molecule has 16 heavy (non-hydrogen) atoms. The van der Waals surface area contributed by atoms with E-state index < -0.39 is 27.5 Å². The van der Waals surface area contributed by atoms with Crippen molar-refractivity contribution in [1.29, 1.82) is 0 Å². The Labute approximate surface area is 90.7 Å². The number of hydrogen-bond acceptors (Lipinski definition) is 3.